The van der Waals surface area contributed by atoms with Gasteiger partial charge in [-0.3, -0.25) is 0 Å². The highest BCUT2D eigenvalue weighted by Gasteiger charge is 2.46. The van der Waals surface area contributed by atoms with Crippen LogP contribution < -0.4 is 14.2 Å². The number of ether oxygens (including phenoxy) is 5. The number of hydrogen-bond acceptors (Lipinski definition) is 12. The van der Waals surface area contributed by atoms with E-state index in [1.54, 1.807) is 18.2 Å². The van der Waals surface area contributed by atoms with Crippen molar-refractivity contribution in [3.63, 3.8) is 0 Å². The van der Waals surface area contributed by atoms with Gasteiger partial charge in [0.05, 0.1) is 27.4 Å². The van der Waals surface area contributed by atoms with Crippen molar-refractivity contribution in [1.82, 2.24) is 0 Å². The Kier molecular flexibility index (Phi) is 10.9. The van der Waals surface area contributed by atoms with Gasteiger partial charge in [-0.05, 0) is 48.2 Å². The Hall–Kier alpha value is -2.68. The summed E-state index contributed by atoms with van der Waals surface area (Å²) in [5.41, 5.74) is 1.26. The van der Waals surface area contributed by atoms with E-state index in [0.717, 1.165) is 5.56 Å². The summed E-state index contributed by atoms with van der Waals surface area (Å²) in [6, 6.07) is 9.48. The molecule has 0 aliphatic carbocycles. The topological polar surface area (TPSA) is 188 Å². The summed E-state index contributed by atoms with van der Waals surface area (Å²) in [5, 5.41) is 69.9. The van der Waals surface area contributed by atoms with E-state index in [9.17, 15) is 30.6 Å². The maximum Gasteiger partial charge on any atom is 0.187 e. The summed E-state index contributed by atoms with van der Waals surface area (Å²) in [6.45, 7) is -1.19. The zero-order valence-electron chi connectivity index (χ0n) is 21.2. The lowest BCUT2D eigenvalue weighted by Crippen LogP contribution is -2.59. The molecule has 1 aliphatic rings. The van der Waals surface area contributed by atoms with Crippen molar-refractivity contribution in [2.75, 3.05) is 34.0 Å². The third-order valence-electron chi connectivity index (χ3n) is 6.31. The number of aromatic hydroxyl groups is 1. The van der Waals surface area contributed by atoms with E-state index < -0.39 is 56.1 Å². The van der Waals surface area contributed by atoms with Crippen LogP contribution in [0.4, 0.5) is 0 Å². The first kappa shape index (κ1) is 29.9. The van der Waals surface area contributed by atoms with Crippen LogP contribution in [0.3, 0.4) is 0 Å². The summed E-state index contributed by atoms with van der Waals surface area (Å²) < 4.78 is 28.3. The first-order chi connectivity index (χ1) is 18.3. The minimum absolute atomic E-state index is 0.0419. The molecule has 0 bridgehead atoms. The second kappa shape index (κ2) is 13.9. The third-order valence-corrected chi connectivity index (χ3v) is 6.31. The van der Waals surface area contributed by atoms with Gasteiger partial charge in [0.15, 0.2) is 35.4 Å². The van der Waals surface area contributed by atoms with Crippen molar-refractivity contribution >= 4 is 0 Å². The summed E-state index contributed by atoms with van der Waals surface area (Å²) >= 11 is 0. The number of phenolic OH excluding ortho intramolecular Hbond substituents is 1. The predicted octanol–water partition coefficient (Wildman–Crippen LogP) is -0.368. The molecule has 1 aliphatic heterocycles. The molecule has 12 nitrogen and oxygen atoms in total. The second-order valence-corrected chi connectivity index (χ2v) is 8.84. The van der Waals surface area contributed by atoms with Crippen molar-refractivity contribution in [2.24, 2.45) is 0 Å². The highest BCUT2D eigenvalue weighted by molar-refractivity contribution is 5.44. The molecular formula is C26H36O12. The average molecular weight is 541 g/mol. The van der Waals surface area contributed by atoms with Crippen molar-refractivity contribution in [2.45, 2.75) is 55.8 Å². The van der Waals surface area contributed by atoms with Gasteiger partial charge in [0, 0.05) is 6.61 Å². The second-order valence-electron chi connectivity index (χ2n) is 8.84. The third kappa shape index (κ3) is 6.84. The fourth-order valence-electron chi connectivity index (χ4n) is 4.18. The largest absolute Gasteiger partial charge is 0.504 e. The molecule has 7 atom stereocenters. The van der Waals surface area contributed by atoms with Crippen LogP contribution in [0, 0.1) is 0 Å². The number of aliphatic hydroxyl groups excluding tert-OH is 6. The minimum atomic E-state index is -1.70. The molecule has 1 heterocycles. The molecule has 0 unspecified atom stereocenters. The van der Waals surface area contributed by atoms with E-state index >= 15 is 0 Å². The molecule has 12 heteroatoms. The molecule has 0 amide bonds. The average Bonchev–Trinajstić information content (AvgIpc) is 2.94. The number of phenols is 1. The van der Waals surface area contributed by atoms with Crippen LogP contribution in [-0.2, 0) is 15.9 Å². The van der Waals surface area contributed by atoms with Crippen LogP contribution in [0.2, 0.25) is 0 Å². The first-order valence-corrected chi connectivity index (χ1v) is 12.2. The number of methoxy groups -OCH3 is 2. The van der Waals surface area contributed by atoms with Gasteiger partial charge in [-0.25, -0.2) is 0 Å². The molecule has 0 saturated carbocycles. The Bertz CT molecular complexity index is 1020. The number of aliphatic hydroxyl groups is 6. The molecule has 2 aromatic rings. The van der Waals surface area contributed by atoms with Gasteiger partial charge in [-0.2, -0.15) is 0 Å². The maximum absolute atomic E-state index is 10.5. The molecule has 1 fully saturated rings. The lowest BCUT2D eigenvalue weighted by molar-refractivity contribution is -0.318. The minimum Gasteiger partial charge on any atom is -0.504 e. The van der Waals surface area contributed by atoms with Gasteiger partial charge in [0.25, 0.3) is 0 Å². The maximum atomic E-state index is 10.5. The SMILES string of the molecule is COc1cc([C@@H](O[C@@H]2O[C@H](CO)[C@@H](O)[C@H](O)[C@H]2O)[C@@H](CO)Oc2ccc(CCCO)cc2OC)ccc1O. The highest BCUT2D eigenvalue weighted by atomic mass is 16.7. The van der Waals surface area contributed by atoms with E-state index in [2.05, 4.69) is 0 Å². The standard InChI is InChI=1S/C26H36O12/c1-34-18-11-15(6-7-16(18)30)25(38-26-24(33)23(32)22(31)20(12-28)37-26)21(13-29)36-17-8-5-14(4-3-9-27)10-19(17)35-2/h5-8,10-11,20-33H,3-4,9,12-13H2,1-2H3/t20-,21-,22-,23+,24-,25-,26+/m1/s1. The van der Waals surface area contributed by atoms with Crippen LogP contribution in [0.15, 0.2) is 36.4 Å². The van der Waals surface area contributed by atoms with Crippen LogP contribution in [0.1, 0.15) is 23.7 Å². The van der Waals surface area contributed by atoms with Crippen molar-refractivity contribution in [3.05, 3.63) is 47.5 Å². The lowest BCUT2D eigenvalue weighted by Gasteiger charge is -2.41. The molecule has 1 saturated heterocycles. The van der Waals surface area contributed by atoms with Gasteiger partial charge >= 0.3 is 0 Å². The van der Waals surface area contributed by atoms with Crippen molar-refractivity contribution in [3.8, 4) is 23.0 Å². The molecule has 38 heavy (non-hydrogen) atoms. The number of rotatable bonds is 13. The molecule has 0 spiro atoms. The van der Waals surface area contributed by atoms with Gasteiger partial charge in [0.1, 0.15) is 30.5 Å². The van der Waals surface area contributed by atoms with Crippen LogP contribution in [0.25, 0.3) is 0 Å². The van der Waals surface area contributed by atoms with Gasteiger partial charge in [-0.15, -0.1) is 0 Å². The van der Waals surface area contributed by atoms with E-state index in [1.165, 1.54) is 32.4 Å². The monoisotopic (exact) mass is 540 g/mol. The number of aryl methyl sites for hydroxylation is 1. The summed E-state index contributed by atoms with van der Waals surface area (Å²) in [6.07, 6.45) is -8.82. The van der Waals surface area contributed by atoms with Crippen LogP contribution in [0.5, 0.6) is 23.0 Å². The van der Waals surface area contributed by atoms with Crippen molar-refractivity contribution in [1.29, 1.82) is 0 Å². The molecular weight excluding hydrogens is 504 g/mol. The molecule has 7 N–H and O–H groups in total. The Balaban J connectivity index is 1.96. The van der Waals surface area contributed by atoms with Crippen molar-refractivity contribution < 1.29 is 59.4 Å². The zero-order chi connectivity index (χ0) is 27.8. The molecule has 0 aromatic heterocycles. The lowest BCUT2D eigenvalue weighted by atomic mass is 9.98. The first-order valence-electron chi connectivity index (χ1n) is 12.2. The highest BCUT2D eigenvalue weighted by Crippen LogP contribution is 2.37. The Morgan fingerprint density at radius 3 is 2.24 bits per heavy atom. The summed E-state index contributed by atoms with van der Waals surface area (Å²) in [5.74, 6) is 0.595. The van der Waals surface area contributed by atoms with Gasteiger partial charge in [-0.1, -0.05) is 12.1 Å². The predicted molar refractivity (Wildman–Crippen MR) is 132 cm³/mol. The Morgan fingerprint density at radius 1 is 0.868 bits per heavy atom. The fraction of sp³-hybridized carbons (Fsp3) is 0.538. The van der Waals surface area contributed by atoms with E-state index in [1.807, 2.05) is 0 Å². The molecule has 3 rings (SSSR count). The van der Waals surface area contributed by atoms with Gasteiger partial charge < -0.3 is 59.4 Å². The number of benzene rings is 2. The van der Waals surface area contributed by atoms with E-state index in [4.69, 9.17) is 28.8 Å². The Morgan fingerprint density at radius 2 is 1.61 bits per heavy atom. The number of hydrogen-bond donors (Lipinski definition) is 7. The van der Waals surface area contributed by atoms with Gasteiger partial charge in [0.2, 0.25) is 0 Å². The Labute approximate surface area is 220 Å². The quantitative estimate of drug-likeness (QED) is 0.175. The molecule has 2 aromatic carbocycles. The normalized spacial score (nSPS) is 25.0. The van der Waals surface area contributed by atoms with E-state index in [0.29, 0.717) is 24.2 Å². The van der Waals surface area contributed by atoms with E-state index in [-0.39, 0.29) is 23.9 Å². The summed E-state index contributed by atoms with van der Waals surface area (Å²) in [4.78, 5) is 0. The van der Waals surface area contributed by atoms with Crippen LogP contribution >= 0.6 is 0 Å². The smallest absolute Gasteiger partial charge is 0.187 e. The zero-order valence-corrected chi connectivity index (χ0v) is 21.2. The summed E-state index contributed by atoms with van der Waals surface area (Å²) in [7, 11) is 2.81. The fourth-order valence-corrected chi connectivity index (χ4v) is 4.18. The molecule has 0 radical (unpaired) electrons. The van der Waals surface area contributed by atoms with Crippen LogP contribution in [-0.4, -0.2) is 107 Å². The molecule has 212 valence electrons.